The molecule has 0 aliphatic carbocycles. The molecule has 0 bridgehead atoms. The Morgan fingerprint density at radius 3 is 2.38 bits per heavy atom. The van der Waals surface area contributed by atoms with Gasteiger partial charge in [-0.05, 0) is 41.8 Å². The number of rotatable bonds is 12. The summed E-state index contributed by atoms with van der Waals surface area (Å²) in [5, 5.41) is 2.91. The number of nitrogens with one attached hydrogen (secondary N) is 1. The maximum Gasteiger partial charge on any atom is 0.269 e. The van der Waals surface area contributed by atoms with E-state index in [-0.39, 0.29) is 42.3 Å². The minimum atomic E-state index is -4.06. The van der Waals surface area contributed by atoms with E-state index in [9.17, 15) is 22.8 Å². The highest BCUT2D eigenvalue weighted by Crippen LogP contribution is 2.30. The number of amides is 3. The van der Waals surface area contributed by atoms with E-state index in [2.05, 4.69) is 5.32 Å². The van der Waals surface area contributed by atoms with Crippen LogP contribution in [0.1, 0.15) is 41.3 Å². The molecule has 0 aromatic heterocycles. The minimum absolute atomic E-state index is 0.0680. The average Bonchev–Trinajstić information content (AvgIpc) is 3.17. The third-order valence-electron chi connectivity index (χ3n) is 6.75. The van der Waals surface area contributed by atoms with Crippen molar-refractivity contribution in [2.75, 3.05) is 20.2 Å². The van der Waals surface area contributed by atoms with Gasteiger partial charge in [0.2, 0.25) is 11.8 Å². The summed E-state index contributed by atoms with van der Waals surface area (Å²) in [6.45, 7) is 2.15. The highest BCUT2D eigenvalue weighted by molar-refractivity contribution is 7.90. The molecule has 1 aliphatic rings. The number of ether oxygens (including phenoxy) is 1. The number of hydrogen-bond acceptors (Lipinski definition) is 6. The average molecular weight is 564 g/mol. The smallest absolute Gasteiger partial charge is 0.269 e. The van der Waals surface area contributed by atoms with Crippen LogP contribution in [0.4, 0.5) is 0 Å². The van der Waals surface area contributed by atoms with Crippen LogP contribution in [0, 0.1) is 0 Å². The van der Waals surface area contributed by atoms with Crippen LogP contribution in [0.25, 0.3) is 0 Å². The lowest BCUT2D eigenvalue weighted by molar-refractivity contribution is -0.141. The van der Waals surface area contributed by atoms with Crippen molar-refractivity contribution in [1.82, 2.24) is 14.5 Å². The van der Waals surface area contributed by atoms with Gasteiger partial charge in [-0.2, -0.15) is 0 Å². The lowest BCUT2D eigenvalue weighted by Gasteiger charge is -2.32. The van der Waals surface area contributed by atoms with Gasteiger partial charge >= 0.3 is 0 Å². The molecule has 4 rings (SSSR count). The first-order chi connectivity index (χ1) is 19.3. The van der Waals surface area contributed by atoms with Gasteiger partial charge < -0.3 is 15.0 Å². The SMILES string of the molecule is CCCNC(=O)[C@@H](Cc1ccccc1)N(Cc1cccc(OC)c1)C(=O)CCN1C(=O)c2ccccc2S1(=O)=O. The Hall–Kier alpha value is -4.18. The van der Waals surface area contributed by atoms with Gasteiger partial charge in [0.25, 0.3) is 15.9 Å². The van der Waals surface area contributed by atoms with E-state index in [1.54, 1.807) is 37.4 Å². The van der Waals surface area contributed by atoms with Crippen LogP contribution in [-0.2, 0) is 32.6 Å². The predicted molar refractivity (Wildman–Crippen MR) is 150 cm³/mol. The second-order valence-electron chi connectivity index (χ2n) is 9.50. The number of fused-ring (bicyclic) bond motifs is 1. The second kappa shape index (κ2) is 12.8. The fourth-order valence-electron chi connectivity index (χ4n) is 4.68. The van der Waals surface area contributed by atoms with Gasteiger partial charge in [0.1, 0.15) is 16.7 Å². The molecule has 0 spiro atoms. The molecule has 210 valence electrons. The van der Waals surface area contributed by atoms with Crippen LogP contribution in [0.5, 0.6) is 5.75 Å². The summed E-state index contributed by atoms with van der Waals surface area (Å²) in [6, 6.07) is 21.7. The topological polar surface area (TPSA) is 113 Å². The Balaban J connectivity index is 1.64. The first-order valence-electron chi connectivity index (χ1n) is 13.2. The van der Waals surface area contributed by atoms with Gasteiger partial charge in [0.05, 0.1) is 12.7 Å². The van der Waals surface area contributed by atoms with Crippen LogP contribution in [0.2, 0.25) is 0 Å². The standard InChI is InChI=1S/C30H33N3O6S/c1-3-17-31-29(35)26(20-22-10-5-4-6-11-22)32(21-23-12-9-13-24(19-23)39-2)28(34)16-18-33-30(36)25-14-7-8-15-27(25)40(33,37)38/h4-15,19,26H,3,16-18,20-21H2,1-2H3,(H,31,35)/t26-/m1/s1. The third kappa shape index (κ3) is 6.34. The maximum absolute atomic E-state index is 13.8. The Labute approximate surface area is 234 Å². The molecule has 0 radical (unpaired) electrons. The molecule has 1 atom stereocenters. The molecule has 40 heavy (non-hydrogen) atoms. The monoisotopic (exact) mass is 563 g/mol. The van der Waals surface area contributed by atoms with Crippen LogP contribution in [0.3, 0.4) is 0 Å². The molecule has 1 heterocycles. The maximum atomic E-state index is 13.8. The van der Waals surface area contributed by atoms with Crippen molar-refractivity contribution in [2.45, 2.75) is 43.7 Å². The number of carbonyl (C=O) groups is 3. The Morgan fingerprint density at radius 1 is 0.975 bits per heavy atom. The zero-order chi connectivity index (χ0) is 28.7. The normalized spacial score (nSPS) is 14.3. The van der Waals surface area contributed by atoms with E-state index in [1.165, 1.54) is 17.0 Å². The van der Waals surface area contributed by atoms with Crippen molar-refractivity contribution in [2.24, 2.45) is 0 Å². The first kappa shape index (κ1) is 28.8. The minimum Gasteiger partial charge on any atom is -0.497 e. The number of nitrogens with zero attached hydrogens (tertiary/aromatic N) is 2. The molecule has 1 aliphatic heterocycles. The van der Waals surface area contributed by atoms with E-state index in [4.69, 9.17) is 4.74 Å². The predicted octanol–water partition coefficient (Wildman–Crippen LogP) is 3.40. The summed E-state index contributed by atoms with van der Waals surface area (Å²) in [5.41, 5.74) is 1.70. The third-order valence-corrected chi connectivity index (χ3v) is 8.59. The molecule has 1 N–H and O–H groups in total. The van der Waals surface area contributed by atoms with Crippen LogP contribution in [0.15, 0.2) is 83.8 Å². The van der Waals surface area contributed by atoms with Gasteiger partial charge in [-0.15, -0.1) is 0 Å². The second-order valence-corrected chi connectivity index (χ2v) is 11.3. The van der Waals surface area contributed by atoms with Crippen molar-refractivity contribution in [1.29, 1.82) is 0 Å². The molecule has 3 amide bonds. The van der Waals surface area contributed by atoms with Crippen LogP contribution >= 0.6 is 0 Å². The van der Waals surface area contributed by atoms with Crippen LogP contribution in [-0.4, -0.2) is 61.6 Å². The molecule has 0 unspecified atom stereocenters. The lowest BCUT2D eigenvalue weighted by atomic mass is 10.0. The fourth-order valence-corrected chi connectivity index (χ4v) is 6.25. The van der Waals surface area contributed by atoms with E-state index in [1.807, 2.05) is 43.3 Å². The zero-order valence-electron chi connectivity index (χ0n) is 22.6. The summed E-state index contributed by atoms with van der Waals surface area (Å²) in [5.74, 6) is -0.815. The number of benzene rings is 3. The lowest BCUT2D eigenvalue weighted by Crippen LogP contribution is -2.51. The van der Waals surface area contributed by atoms with Gasteiger partial charge in [0, 0.05) is 32.5 Å². The van der Waals surface area contributed by atoms with Gasteiger partial charge in [-0.1, -0.05) is 61.5 Å². The molecule has 3 aromatic rings. The summed E-state index contributed by atoms with van der Waals surface area (Å²) in [6.07, 6.45) is 0.705. The first-order valence-corrected chi connectivity index (χ1v) is 14.6. The van der Waals surface area contributed by atoms with Crippen LogP contribution < -0.4 is 10.1 Å². The van der Waals surface area contributed by atoms with Crippen molar-refractivity contribution in [3.63, 3.8) is 0 Å². The zero-order valence-corrected chi connectivity index (χ0v) is 23.4. The highest BCUT2D eigenvalue weighted by Gasteiger charge is 2.41. The van der Waals surface area contributed by atoms with Crippen molar-refractivity contribution < 1.29 is 27.5 Å². The molecule has 0 fully saturated rings. The van der Waals surface area contributed by atoms with E-state index in [0.29, 0.717) is 12.3 Å². The summed E-state index contributed by atoms with van der Waals surface area (Å²) >= 11 is 0. The van der Waals surface area contributed by atoms with Crippen molar-refractivity contribution in [3.05, 3.63) is 95.6 Å². The largest absolute Gasteiger partial charge is 0.497 e. The summed E-state index contributed by atoms with van der Waals surface area (Å²) in [7, 11) is -2.52. The van der Waals surface area contributed by atoms with Gasteiger partial charge in [-0.3, -0.25) is 14.4 Å². The molecule has 10 heteroatoms. The Kier molecular flexibility index (Phi) is 9.21. The van der Waals surface area contributed by atoms with Gasteiger partial charge in [-0.25, -0.2) is 12.7 Å². The quantitative estimate of drug-likeness (QED) is 0.362. The molecule has 3 aromatic carbocycles. The molecular weight excluding hydrogens is 530 g/mol. The number of hydrogen-bond donors (Lipinski definition) is 1. The Morgan fingerprint density at radius 2 is 1.68 bits per heavy atom. The summed E-state index contributed by atoms with van der Waals surface area (Å²) in [4.78, 5) is 41.6. The highest BCUT2D eigenvalue weighted by atomic mass is 32.2. The fraction of sp³-hybridized carbons (Fsp3) is 0.300. The van der Waals surface area contributed by atoms with E-state index in [0.717, 1.165) is 21.9 Å². The van der Waals surface area contributed by atoms with Crippen molar-refractivity contribution >= 4 is 27.7 Å². The number of methoxy groups -OCH3 is 1. The molecular formula is C30H33N3O6S. The number of sulfonamides is 1. The molecule has 9 nitrogen and oxygen atoms in total. The number of carbonyl (C=O) groups excluding carboxylic acids is 3. The molecule has 0 saturated heterocycles. The summed E-state index contributed by atoms with van der Waals surface area (Å²) < 4.78 is 32.2. The van der Waals surface area contributed by atoms with E-state index >= 15 is 0 Å². The van der Waals surface area contributed by atoms with Gasteiger partial charge in [0.15, 0.2) is 0 Å². The van der Waals surface area contributed by atoms with E-state index < -0.39 is 27.9 Å². The van der Waals surface area contributed by atoms with Crippen molar-refractivity contribution in [3.8, 4) is 5.75 Å². The Bertz CT molecular complexity index is 1480. The molecule has 0 saturated carbocycles.